The van der Waals surface area contributed by atoms with Gasteiger partial charge in [0.05, 0.1) is 6.04 Å². The number of rotatable bonds is 3. The summed E-state index contributed by atoms with van der Waals surface area (Å²) in [5, 5.41) is 3.17. The molecule has 0 saturated carbocycles. The van der Waals surface area contributed by atoms with Crippen LogP contribution in [0.2, 0.25) is 0 Å². The molecule has 0 radical (unpaired) electrons. The van der Waals surface area contributed by atoms with E-state index in [4.69, 9.17) is 0 Å². The van der Waals surface area contributed by atoms with E-state index in [9.17, 15) is 4.39 Å². The second-order valence-electron chi connectivity index (χ2n) is 4.27. The highest BCUT2D eigenvalue weighted by molar-refractivity contribution is 9.10. The monoisotopic (exact) mass is 307 g/mol. The fourth-order valence-electron chi connectivity index (χ4n) is 2.07. The van der Waals surface area contributed by atoms with Crippen molar-refractivity contribution in [2.75, 3.05) is 7.05 Å². The summed E-state index contributed by atoms with van der Waals surface area (Å²) >= 11 is 3.53. The van der Waals surface area contributed by atoms with Gasteiger partial charge in [0.15, 0.2) is 0 Å². The summed E-state index contributed by atoms with van der Waals surface area (Å²) in [5.74, 6) is -0.190. The first-order valence-corrected chi connectivity index (χ1v) is 6.60. The van der Waals surface area contributed by atoms with Gasteiger partial charge in [0.2, 0.25) is 0 Å². The Labute approximate surface area is 115 Å². The van der Waals surface area contributed by atoms with Crippen LogP contribution in [0.15, 0.2) is 46.9 Å². The second kappa shape index (κ2) is 5.63. The molecule has 0 aromatic heterocycles. The van der Waals surface area contributed by atoms with Crippen LogP contribution in [0.5, 0.6) is 0 Å². The van der Waals surface area contributed by atoms with E-state index in [2.05, 4.69) is 27.3 Å². The molecule has 18 heavy (non-hydrogen) atoms. The van der Waals surface area contributed by atoms with Crippen molar-refractivity contribution in [3.05, 3.63) is 69.4 Å². The third-order valence-electron chi connectivity index (χ3n) is 2.97. The Morgan fingerprint density at radius 3 is 2.50 bits per heavy atom. The van der Waals surface area contributed by atoms with E-state index in [-0.39, 0.29) is 11.9 Å². The third-order valence-corrected chi connectivity index (χ3v) is 3.69. The Kier molecular flexibility index (Phi) is 4.15. The van der Waals surface area contributed by atoms with Crippen LogP contribution < -0.4 is 5.32 Å². The van der Waals surface area contributed by atoms with Crippen molar-refractivity contribution >= 4 is 15.9 Å². The number of halogens is 2. The third kappa shape index (κ3) is 2.62. The minimum atomic E-state index is -0.190. The lowest BCUT2D eigenvalue weighted by molar-refractivity contribution is 0.575. The molecule has 0 saturated heterocycles. The largest absolute Gasteiger partial charge is 0.309 e. The van der Waals surface area contributed by atoms with Gasteiger partial charge in [0.25, 0.3) is 0 Å². The Balaban J connectivity index is 2.52. The average Bonchev–Trinajstić information content (AvgIpc) is 2.36. The molecule has 0 aliphatic rings. The molecule has 1 unspecified atom stereocenters. The molecule has 0 heterocycles. The summed E-state index contributed by atoms with van der Waals surface area (Å²) < 4.78 is 14.9. The summed E-state index contributed by atoms with van der Waals surface area (Å²) in [6, 6.07) is 12.8. The minimum Gasteiger partial charge on any atom is -0.309 e. The molecule has 1 N–H and O–H groups in total. The zero-order valence-electron chi connectivity index (χ0n) is 10.4. The Bertz CT molecular complexity index is 554. The van der Waals surface area contributed by atoms with Gasteiger partial charge in [0, 0.05) is 10.0 Å². The van der Waals surface area contributed by atoms with Crippen LogP contribution >= 0.6 is 15.9 Å². The topological polar surface area (TPSA) is 12.0 Å². The highest BCUT2D eigenvalue weighted by atomic mass is 79.9. The van der Waals surface area contributed by atoms with E-state index < -0.39 is 0 Å². The maximum absolute atomic E-state index is 13.9. The summed E-state index contributed by atoms with van der Waals surface area (Å²) in [4.78, 5) is 0. The van der Waals surface area contributed by atoms with Crippen LogP contribution in [0.3, 0.4) is 0 Å². The summed E-state index contributed by atoms with van der Waals surface area (Å²) in [7, 11) is 1.84. The van der Waals surface area contributed by atoms with Gasteiger partial charge in [-0.1, -0.05) is 51.8 Å². The number of hydrogen-bond acceptors (Lipinski definition) is 1. The molecule has 0 fully saturated rings. The molecule has 0 aliphatic heterocycles. The lowest BCUT2D eigenvalue weighted by atomic mass is 9.97. The van der Waals surface area contributed by atoms with Crippen molar-refractivity contribution in [2.24, 2.45) is 0 Å². The van der Waals surface area contributed by atoms with Gasteiger partial charge in [-0.2, -0.15) is 0 Å². The predicted molar refractivity (Wildman–Crippen MR) is 76.2 cm³/mol. The lowest BCUT2D eigenvalue weighted by Gasteiger charge is -2.19. The highest BCUT2D eigenvalue weighted by Gasteiger charge is 2.18. The minimum absolute atomic E-state index is 0.152. The lowest BCUT2D eigenvalue weighted by Crippen LogP contribution is -2.19. The molecule has 2 rings (SSSR count). The molecule has 0 amide bonds. The van der Waals surface area contributed by atoms with Gasteiger partial charge < -0.3 is 5.32 Å². The van der Waals surface area contributed by atoms with Crippen LogP contribution in [0, 0.1) is 12.7 Å². The molecule has 3 heteroatoms. The number of aryl methyl sites for hydroxylation is 1. The molecule has 2 aromatic carbocycles. The first kappa shape index (κ1) is 13.2. The van der Waals surface area contributed by atoms with E-state index in [0.29, 0.717) is 5.56 Å². The first-order chi connectivity index (χ1) is 8.63. The molecule has 94 valence electrons. The van der Waals surface area contributed by atoms with E-state index in [1.54, 1.807) is 6.07 Å². The second-order valence-corrected chi connectivity index (χ2v) is 5.12. The van der Waals surface area contributed by atoms with Crippen LogP contribution in [0.1, 0.15) is 22.7 Å². The van der Waals surface area contributed by atoms with Crippen LogP contribution in [-0.4, -0.2) is 7.05 Å². The van der Waals surface area contributed by atoms with Gasteiger partial charge in [0.1, 0.15) is 5.82 Å². The summed E-state index contributed by atoms with van der Waals surface area (Å²) in [6.45, 7) is 2.03. The van der Waals surface area contributed by atoms with Gasteiger partial charge in [-0.05, 0) is 31.7 Å². The summed E-state index contributed by atoms with van der Waals surface area (Å²) in [5.41, 5.74) is 2.86. The molecule has 1 nitrogen and oxygen atoms in total. The fraction of sp³-hybridized carbons (Fsp3) is 0.200. The molecular formula is C15H15BrFN. The van der Waals surface area contributed by atoms with Gasteiger partial charge >= 0.3 is 0 Å². The van der Waals surface area contributed by atoms with Crippen molar-refractivity contribution in [1.29, 1.82) is 0 Å². The SMILES string of the molecule is CNC(c1ccccc1F)c1cc(C)ccc1Br. The van der Waals surface area contributed by atoms with Gasteiger partial charge in [-0.15, -0.1) is 0 Å². The maximum Gasteiger partial charge on any atom is 0.128 e. The van der Waals surface area contributed by atoms with Crippen molar-refractivity contribution in [2.45, 2.75) is 13.0 Å². The average molecular weight is 308 g/mol. The van der Waals surface area contributed by atoms with Crippen molar-refractivity contribution in [1.82, 2.24) is 5.32 Å². The van der Waals surface area contributed by atoms with Crippen LogP contribution in [-0.2, 0) is 0 Å². The maximum atomic E-state index is 13.9. The quantitative estimate of drug-likeness (QED) is 0.896. The van der Waals surface area contributed by atoms with Crippen molar-refractivity contribution < 1.29 is 4.39 Å². The molecule has 0 aliphatic carbocycles. The standard InChI is InChI=1S/C15H15BrFN/c1-10-7-8-13(16)12(9-10)15(18-2)11-5-3-4-6-14(11)17/h3-9,15,18H,1-2H3. The number of nitrogens with one attached hydrogen (secondary N) is 1. The zero-order chi connectivity index (χ0) is 13.1. The first-order valence-electron chi connectivity index (χ1n) is 5.81. The molecule has 0 bridgehead atoms. The Morgan fingerprint density at radius 1 is 1.11 bits per heavy atom. The van der Waals surface area contributed by atoms with Crippen molar-refractivity contribution in [3.63, 3.8) is 0 Å². The molecule has 0 spiro atoms. The van der Waals surface area contributed by atoms with Gasteiger partial charge in [-0.25, -0.2) is 4.39 Å². The van der Waals surface area contributed by atoms with E-state index in [1.807, 2.05) is 38.2 Å². The number of hydrogen-bond donors (Lipinski definition) is 1. The van der Waals surface area contributed by atoms with E-state index >= 15 is 0 Å². The van der Waals surface area contributed by atoms with Crippen molar-refractivity contribution in [3.8, 4) is 0 Å². The Morgan fingerprint density at radius 2 is 1.83 bits per heavy atom. The summed E-state index contributed by atoms with van der Waals surface area (Å²) in [6.07, 6.45) is 0. The highest BCUT2D eigenvalue weighted by Crippen LogP contribution is 2.30. The number of benzene rings is 2. The fourth-order valence-corrected chi connectivity index (χ4v) is 2.55. The van der Waals surface area contributed by atoms with Crippen LogP contribution in [0.25, 0.3) is 0 Å². The molecular weight excluding hydrogens is 293 g/mol. The van der Waals surface area contributed by atoms with E-state index in [1.165, 1.54) is 6.07 Å². The van der Waals surface area contributed by atoms with E-state index in [0.717, 1.165) is 15.6 Å². The predicted octanol–water partition coefficient (Wildman–Crippen LogP) is 4.21. The van der Waals surface area contributed by atoms with Gasteiger partial charge in [-0.3, -0.25) is 0 Å². The molecule has 1 atom stereocenters. The zero-order valence-corrected chi connectivity index (χ0v) is 12.0. The smallest absolute Gasteiger partial charge is 0.128 e. The Hall–Kier alpha value is -1.19. The normalized spacial score (nSPS) is 12.4. The molecule has 2 aromatic rings. The van der Waals surface area contributed by atoms with Crippen LogP contribution in [0.4, 0.5) is 4.39 Å².